The van der Waals surface area contributed by atoms with Crippen LogP contribution in [0, 0.1) is 0 Å². The summed E-state index contributed by atoms with van der Waals surface area (Å²) in [5, 5.41) is 8.80. The van der Waals surface area contributed by atoms with Gasteiger partial charge in [0.05, 0.1) is 16.4 Å². The Kier molecular flexibility index (Phi) is 3.31. The fraction of sp³-hybridized carbons (Fsp3) is 0.286. The molecule has 0 aliphatic rings. The van der Waals surface area contributed by atoms with Crippen LogP contribution in [-0.2, 0) is 13.6 Å². The lowest BCUT2D eigenvalue weighted by atomic mass is 10.2. The third-order valence-electron chi connectivity index (χ3n) is 3.12. The van der Waals surface area contributed by atoms with Crippen LogP contribution in [0.3, 0.4) is 0 Å². The second-order valence-corrected chi connectivity index (χ2v) is 5.74. The van der Waals surface area contributed by atoms with Gasteiger partial charge >= 0.3 is 0 Å². The number of thiazole rings is 1. The topological polar surface area (TPSA) is 42.7 Å². The molecular formula is C14H16N4S. The fourth-order valence-corrected chi connectivity index (χ4v) is 2.94. The Morgan fingerprint density at radius 3 is 2.95 bits per heavy atom. The molecule has 0 fully saturated rings. The summed E-state index contributed by atoms with van der Waals surface area (Å²) < 4.78 is 3.07. The number of para-hydroxylation sites is 1. The summed E-state index contributed by atoms with van der Waals surface area (Å²) in [4.78, 5) is 4.62. The van der Waals surface area contributed by atoms with Crippen LogP contribution < -0.4 is 5.32 Å². The largest absolute Gasteiger partial charge is 0.304 e. The minimum atomic E-state index is 0.278. The number of aryl methyl sites for hydroxylation is 1. The molecule has 1 N–H and O–H groups in total. The zero-order valence-corrected chi connectivity index (χ0v) is 11.8. The summed E-state index contributed by atoms with van der Waals surface area (Å²) in [6.07, 6.45) is 3.94. The molecule has 1 atom stereocenters. The molecular weight excluding hydrogens is 256 g/mol. The van der Waals surface area contributed by atoms with Crippen LogP contribution in [0.15, 0.2) is 36.7 Å². The third-order valence-corrected chi connectivity index (χ3v) is 4.16. The van der Waals surface area contributed by atoms with Gasteiger partial charge in [-0.2, -0.15) is 5.10 Å². The van der Waals surface area contributed by atoms with E-state index in [1.807, 2.05) is 30.2 Å². The number of fused-ring (bicyclic) bond motifs is 1. The maximum atomic E-state index is 4.62. The molecule has 0 saturated carbocycles. The van der Waals surface area contributed by atoms with E-state index in [1.54, 1.807) is 11.3 Å². The second kappa shape index (κ2) is 5.11. The highest BCUT2D eigenvalue weighted by atomic mass is 32.1. The van der Waals surface area contributed by atoms with Gasteiger partial charge in [-0.3, -0.25) is 4.68 Å². The molecule has 2 aromatic heterocycles. The van der Waals surface area contributed by atoms with Crippen LogP contribution in [0.5, 0.6) is 0 Å². The van der Waals surface area contributed by atoms with Crippen LogP contribution >= 0.6 is 11.3 Å². The number of hydrogen-bond donors (Lipinski definition) is 1. The van der Waals surface area contributed by atoms with Crippen molar-refractivity contribution in [3.8, 4) is 0 Å². The van der Waals surface area contributed by atoms with Gasteiger partial charge in [0.2, 0.25) is 0 Å². The van der Waals surface area contributed by atoms with Crippen molar-refractivity contribution in [1.29, 1.82) is 0 Å². The molecule has 5 heteroatoms. The Labute approximate surface area is 116 Å². The quantitative estimate of drug-likeness (QED) is 0.794. The summed E-state index contributed by atoms with van der Waals surface area (Å²) in [6, 6.07) is 8.52. The number of hydrogen-bond acceptors (Lipinski definition) is 4. The number of nitrogens with zero attached hydrogens (tertiary/aromatic N) is 3. The van der Waals surface area contributed by atoms with E-state index in [1.165, 1.54) is 10.3 Å². The van der Waals surface area contributed by atoms with Gasteiger partial charge in [0.25, 0.3) is 0 Å². The average molecular weight is 272 g/mol. The Morgan fingerprint density at radius 1 is 1.37 bits per heavy atom. The smallest absolute Gasteiger partial charge is 0.108 e. The van der Waals surface area contributed by atoms with E-state index in [9.17, 15) is 0 Å². The monoisotopic (exact) mass is 272 g/mol. The molecule has 1 unspecified atom stereocenters. The highest BCUT2D eigenvalue weighted by Gasteiger charge is 2.08. The molecule has 4 nitrogen and oxygen atoms in total. The molecule has 0 saturated heterocycles. The number of rotatable bonds is 4. The van der Waals surface area contributed by atoms with Crippen molar-refractivity contribution in [2.75, 3.05) is 0 Å². The molecule has 0 radical (unpaired) electrons. The first-order valence-corrected chi connectivity index (χ1v) is 7.10. The molecule has 3 aromatic rings. The normalized spacial score (nSPS) is 12.9. The van der Waals surface area contributed by atoms with E-state index in [-0.39, 0.29) is 6.04 Å². The molecule has 1 aromatic carbocycles. The van der Waals surface area contributed by atoms with Crippen molar-refractivity contribution in [3.63, 3.8) is 0 Å². The van der Waals surface area contributed by atoms with Crippen LogP contribution in [0.25, 0.3) is 10.2 Å². The highest BCUT2D eigenvalue weighted by Crippen LogP contribution is 2.22. The predicted octanol–water partition coefficient (Wildman–Crippen LogP) is 2.88. The van der Waals surface area contributed by atoms with Crippen molar-refractivity contribution in [1.82, 2.24) is 20.1 Å². The van der Waals surface area contributed by atoms with E-state index < -0.39 is 0 Å². The minimum Gasteiger partial charge on any atom is -0.304 e. The summed E-state index contributed by atoms with van der Waals surface area (Å²) in [5.41, 5.74) is 2.28. The molecule has 98 valence electrons. The van der Waals surface area contributed by atoms with Gasteiger partial charge < -0.3 is 5.32 Å². The lowest BCUT2D eigenvalue weighted by Crippen LogP contribution is -2.17. The first-order valence-electron chi connectivity index (χ1n) is 6.29. The van der Waals surface area contributed by atoms with Gasteiger partial charge in [-0.1, -0.05) is 12.1 Å². The standard InChI is InChI=1S/C14H16N4S/c1-10(11-7-16-18(2)9-11)15-8-14-17-12-5-3-4-6-13(12)19-14/h3-7,9-10,15H,8H2,1-2H3. The number of nitrogens with one attached hydrogen (secondary N) is 1. The molecule has 0 bridgehead atoms. The SMILES string of the molecule is CC(NCc1nc2ccccc2s1)c1cnn(C)c1. The molecule has 3 rings (SSSR count). The van der Waals surface area contributed by atoms with Gasteiger partial charge in [-0.05, 0) is 19.1 Å². The summed E-state index contributed by atoms with van der Waals surface area (Å²) in [6.45, 7) is 2.93. The Hall–Kier alpha value is -1.72. The summed E-state index contributed by atoms with van der Waals surface area (Å²) in [7, 11) is 1.93. The molecule has 0 aliphatic carbocycles. The van der Waals surface area contributed by atoms with Crippen molar-refractivity contribution < 1.29 is 0 Å². The van der Waals surface area contributed by atoms with Crippen molar-refractivity contribution in [2.24, 2.45) is 7.05 Å². The van der Waals surface area contributed by atoms with Gasteiger partial charge in [0.15, 0.2) is 0 Å². The van der Waals surface area contributed by atoms with Gasteiger partial charge in [0.1, 0.15) is 5.01 Å². The molecule has 0 amide bonds. The predicted molar refractivity (Wildman–Crippen MR) is 78.1 cm³/mol. The zero-order valence-electron chi connectivity index (χ0n) is 11.0. The van der Waals surface area contributed by atoms with Gasteiger partial charge in [-0.15, -0.1) is 11.3 Å². The van der Waals surface area contributed by atoms with E-state index in [4.69, 9.17) is 0 Å². The van der Waals surface area contributed by atoms with Crippen LogP contribution in [0.1, 0.15) is 23.5 Å². The highest BCUT2D eigenvalue weighted by molar-refractivity contribution is 7.18. The van der Waals surface area contributed by atoms with E-state index >= 15 is 0 Å². The lowest BCUT2D eigenvalue weighted by molar-refractivity contribution is 0.573. The van der Waals surface area contributed by atoms with E-state index in [2.05, 4.69) is 40.5 Å². The number of aromatic nitrogens is 3. The summed E-state index contributed by atoms with van der Waals surface area (Å²) in [5.74, 6) is 0. The fourth-order valence-electron chi connectivity index (χ4n) is 2.02. The summed E-state index contributed by atoms with van der Waals surface area (Å²) >= 11 is 1.75. The van der Waals surface area contributed by atoms with Gasteiger partial charge in [-0.25, -0.2) is 4.98 Å². The Bertz CT molecular complexity index is 652. The third kappa shape index (κ3) is 2.67. The van der Waals surface area contributed by atoms with E-state index in [0.29, 0.717) is 0 Å². The number of benzene rings is 1. The minimum absolute atomic E-state index is 0.278. The Balaban J connectivity index is 1.68. The van der Waals surface area contributed by atoms with Crippen LogP contribution in [0.4, 0.5) is 0 Å². The maximum Gasteiger partial charge on any atom is 0.108 e. The maximum absolute atomic E-state index is 4.62. The van der Waals surface area contributed by atoms with Crippen LogP contribution in [-0.4, -0.2) is 14.8 Å². The first kappa shape index (κ1) is 12.3. The van der Waals surface area contributed by atoms with Gasteiger partial charge in [0, 0.05) is 31.4 Å². The lowest BCUT2D eigenvalue weighted by Gasteiger charge is -2.09. The van der Waals surface area contributed by atoms with Crippen molar-refractivity contribution >= 4 is 21.6 Å². The Morgan fingerprint density at radius 2 is 2.21 bits per heavy atom. The van der Waals surface area contributed by atoms with Crippen LogP contribution in [0.2, 0.25) is 0 Å². The van der Waals surface area contributed by atoms with Crippen molar-refractivity contribution in [3.05, 3.63) is 47.2 Å². The molecule has 0 aliphatic heterocycles. The average Bonchev–Trinajstić information content (AvgIpc) is 3.01. The molecule has 19 heavy (non-hydrogen) atoms. The zero-order chi connectivity index (χ0) is 13.2. The molecule has 2 heterocycles. The van der Waals surface area contributed by atoms with Crippen molar-refractivity contribution in [2.45, 2.75) is 19.5 Å². The molecule has 0 spiro atoms. The second-order valence-electron chi connectivity index (χ2n) is 4.63. The first-order chi connectivity index (χ1) is 9.22. The van der Waals surface area contributed by atoms with E-state index in [0.717, 1.165) is 17.1 Å².